The second kappa shape index (κ2) is 4.45. The van der Waals surface area contributed by atoms with Gasteiger partial charge in [0.1, 0.15) is 5.60 Å². The Morgan fingerprint density at radius 2 is 2.00 bits per heavy atom. The van der Waals surface area contributed by atoms with Crippen LogP contribution in [0.2, 0.25) is 0 Å². The van der Waals surface area contributed by atoms with Gasteiger partial charge in [-0.2, -0.15) is 5.10 Å². The first kappa shape index (κ1) is 13.1. The number of aryl methyl sites for hydroxylation is 1. The third kappa shape index (κ3) is 1.77. The maximum absolute atomic E-state index is 11.2. The van der Waals surface area contributed by atoms with Crippen LogP contribution < -0.4 is 0 Å². The Balaban J connectivity index is 1.94. The third-order valence-corrected chi connectivity index (χ3v) is 4.42. The van der Waals surface area contributed by atoms with E-state index in [4.69, 9.17) is 0 Å². The van der Waals surface area contributed by atoms with E-state index >= 15 is 0 Å². The molecule has 0 aliphatic rings. The van der Waals surface area contributed by atoms with Gasteiger partial charge in [-0.1, -0.05) is 24.3 Å². The molecule has 0 aliphatic heterocycles. The summed E-state index contributed by atoms with van der Waals surface area (Å²) in [5.74, 6) is 0. The van der Waals surface area contributed by atoms with Crippen LogP contribution in [-0.2, 0) is 12.6 Å². The first-order valence-corrected chi connectivity index (χ1v) is 7.28. The van der Waals surface area contributed by atoms with Gasteiger partial charge in [0.25, 0.3) is 0 Å². The smallest absolute Gasteiger partial charge is 0.114 e. The molecule has 4 rings (SSSR count). The Kier molecular flexibility index (Phi) is 2.65. The number of hydrogen-bond donors (Lipinski definition) is 2. The molecule has 0 spiro atoms. The van der Waals surface area contributed by atoms with Crippen LogP contribution in [0.1, 0.15) is 18.1 Å². The highest BCUT2D eigenvalue weighted by Crippen LogP contribution is 2.36. The Labute approximate surface area is 128 Å². The minimum absolute atomic E-state index is 0.859. The fourth-order valence-electron chi connectivity index (χ4n) is 3.13. The van der Waals surface area contributed by atoms with Crippen molar-refractivity contribution in [3.63, 3.8) is 0 Å². The number of aliphatic hydroxyl groups is 1. The number of hydrogen-bond acceptors (Lipinski definition) is 2. The topological polar surface area (TPSA) is 53.8 Å². The van der Waals surface area contributed by atoms with E-state index in [2.05, 4.69) is 26.9 Å². The maximum atomic E-state index is 11.2. The summed E-state index contributed by atoms with van der Waals surface area (Å²) in [4.78, 5) is 0. The van der Waals surface area contributed by atoms with Crippen LogP contribution in [0.3, 0.4) is 0 Å². The average molecular weight is 291 g/mol. The maximum Gasteiger partial charge on any atom is 0.114 e. The van der Waals surface area contributed by atoms with Crippen molar-refractivity contribution in [3.8, 4) is 0 Å². The van der Waals surface area contributed by atoms with Crippen molar-refractivity contribution in [1.82, 2.24) is 14.8 Å². The fraction of sp³-hybridized carbons (Fsp3) is 0.167. The summed E-state index contributed by atoms with van der Waals surface area (Å²) in [5.41, 5.74) is 2.79. The summed E-state index contributed by atoms with van der Waals surface area (Å²) in [5, 5.41) is 20.3. The summed E-state index contributed by atoms with van der Waals surface area (Å²) in [7, 11) is 2.00. The van der Waals surface area contributed by atoms with Gasteiger partial charge in [-0.25, -0.2) is 0 Å². The second-order valence-corrected chi connectivity index (χ2v) is 5.92. The first-order valence-electron chi connectivity index (χ1n) is 7.28. The van der Waals surface area contributed by atoms with Gasteiger partial charge < -0.3 is 9.67 Å². The molecular weight excluding hydrogens is 274 g/mol. The lowest BCUT2D eigenvalue weighted by atomic mass is 9.87. The highest BCUT2D eigenvalue weighted by molar-refractivity contribution is 5.86. The van der Waals surface area contributed by atoms with Crippen LogP contribution in [0.5, 0.6) is 0 Å². The van der Waals surface area contributed by atoms with Crippen LogP contribution in [0.25, 0.3) is 21.8 Å². The molecule has 0 radical (unpaired) electrons. The predicted molar refractivity (Wildman–Crippen MR) is 87.7 cm³/mol. The summed E-state index contributed by atoms with van der Waals surface area (Å²) in [6.45, 7) is 1.84. The van der Waals surface area contributed by atoms with E-state index in [0.717, 1.165) is 32.9 Å². The molecule has 0 bridgehead atoms. The molecular formula is C18H17N3O. The zero-order valence-corrected chi connectivity index (χ0v) is 12.5. The summed E-state index contributed by atoms with van der Waals surface area (Å²) < 4.78 is 2.05. The molecule has 0 saturated carbocycles. The number of H-pyrrole nitrogens is 1. The summed E-state index contributed by atoms with van der Waals surface area (Å²) >= 11 is 0. The molecule has 22 heavy (non-hydrogen) atoms. The van der Waals surface area contributed by atoms with Gasteiger partial charge >= 0.3 is 0 Å². The molecule has 0 fully saturated rings. The van der Waals surface area contributed by atoms with Gasteiger partial charge in [0.05, 0.1) is 11.7 Å². The van der Waals surface area contributed by atoms with Crippen molar-refractivity contribution in [2.24, 2.45) is 7.05 Å². The van der Waals surface area contributed by atoms with Crippen LogP contribution in [0.4, 0.5) is 0 Å². The third-order valence-electron chi connectivity index (χ3n) is 4.42. The van der Waals surface area contributed by atoms with E-state index < -0.39 is 5.60 Å². The molecule has 110 valence electrons. The minimum atomic E-state index is -1.06. The van der Waals surface area contributed by atoms with Crippen molar-refractivity contribution >= 4 is 21.8 Å². The van der Waals surface area contributed by atoms with Gasteiger partial charge in [0.2, 0.25) is 0 Å². The van der Waals surface area contributed by atoms with E-state index in [1.165, 1.54) is 0 Å². The van der Waals surface area contributed by atoms with Crippen LogP contribution in [-0.4, -0.2) is 19.9 Å². The molecule has 4 heteroatoms. The van der Waals surface area contributed by atoms with Gasteiger partial charge in [-0.3, -0.25) is 5.10 Å². The van der Waals surface area contributed by atoms with Crippen molar-refractivity contribution in [2.75, 3.05) is 0 Å². The van der Waals surface area contributed by atoms with E-state index in [9.17, 15) is 5.11 Å². The van der Waals surface area contributed by atoms with E-state index in [1.807, 2.05) is 50.5 Å². The number of aromatic amines is 1. The van der Waals surface area contributed by atoms with Gasteiger partial charge in [-0.05, 0) is 30.7 Å². The van der Waals surface area contributed by atoms with E-state index in [0.29, 0.717) is 0 Å². The molecule has 1 atom stereocenters. The monoisotopic (exact) mass is 291 g/mol. The van der Waals surface area contributed by atoms with Crippen molar-refractivity contribution < 1.29 is 5.11 Å². The van der Waals surface area contributed by atoms with Crippen molar-refractivity contribution in [3.05, 3.63) is 66.0 Å². The normalized spacial score (nSPS) is 14.5. The Hall–Kier alpha value is -2.59. The quantitative estimate of drug-likeness (QED) is 0.595. The molecule has 0 amide bonds. The zero-order chi connectivity index (χ0) is 15.3. The molecule has 4 nitrogen and oxygen atoms in total. The van der Waals surface area contributed by atoms with Gasteiger partial charge in [0.15, 0.2) is 0 Å². The number of benzene rings is 2. The molecule has 0 saturated heterocycles. The molecule has 2 aromatic carbocycles. The van der Waals surface area contributed by atoms with E-state index in [-0.39, 0.29) is 0 Å². The lowest BCUT2D eigenvalue weighted by Gasteiger charge is -2.24. The van der Waals surface area contributed by atoms with Crippen LogP contribution >= 0.6 is 0 Å². The average Bonchev–Trinajstić information content (AvgIpc) is 3.12. The second-order valence-electron chi connectivity index (χ2n) is 5.92. The fourth-order valence-corrected chi connectivity index (χ4v) is 3.13. The first-order chi connectivity index (χ1) is 10.6. The number of nitrogens with zero attached hydrogens (tertiary/aromatic N) is 2. The van der Waals surface area contributed by atoms with Crippen molar-refractivity contribution in [2.45, 2.75) is 12.5 Å². The van der Waals surface area contributed by atoms with E-state index in [1.54, 1.807) is 6.20 Å². The molecule has 1 unspecified atom stereocenters. The number of para-hydroxylation sites is 1. The highest BCUT2D eigenvalue weighted by atomic mass is 16.3. The molecule has 2 heterocycles. The standard InChI is InChI=1S/C18H17N3O/c1-18(22,13-7-8-16-12(9-13)10-19-20-16)15-11-21(2)17-6-4-3-5-14(15)17/h3-11,22H,1-2H3,(H,19,20). The lowest BCUT2D eigenvalue weighted by molar-refractivity contribution is 0.104. The highest BCUT2D eigenvalue weighted by Gasteiger charge is 2.29. The lowest BCUT2D eigenvalue weighted by Crippen LogP contribution is -2.22. The number of rotatable bonds is 2. The summed E-state index contributed by atoms with van der Waals surface area (Å²) in [6, 6.07) is 14.0. The van der Waals surface area contributed by atoms with Crippen molar-refractivity contribution in [1.29, 1.82) is 0 Å². The number of nitrogens with one attached hydrogen (secondary N) is 1. The van der Waals surface area contributed by atoms with Gasteiger partial charge in [-0.15, -0.1) is 0 Å². The molecule has 0 aliphatic carbocycles. The largest absolute Gasteiger partial charge is 0.381 e. The predicted octanol–water partition coefficient (Wildman–Crippen LogP) is 3.31. The molecule has 2 aromatic heterocycles. The molecule has 2 N–H and O–H groups in total. The summed E-state index contributed by atoms with van der Waals surface area (Å²) in [6.07, 6.45) is 3.78. The SMILES string of the molecule is Cn1cc(C(C)(O)c2ccc3[nH]ncc3c2)c2ccccc21. The number of aromatic nitrogens is 3. The molecule has 4 aromatic rings. The van der Waals surface area contributed by atoms with Crippen LogP contribution in [0.15, 0.2) is 54.9 Å². The van der Waals surface area contributed by atoms with Crippen LogP contribution in [0, 0.1) is 0 Å². The Bertz CT molecular complexity index is 978. The Morgan fingerprint density at radius 1 is 1.18 bits per heavy atom. The number of fused-ring (bicyclic) bond motifs is 2. The zero-order valence-electron chi connectivity index (χ0n) is 12.5. The Morgan fingerprint density at radius 3 is 2.86 bits per heavy atom. The van der Waals surface area contributed by atoms with Gasteiger partial charge in [0, 0.05) is 35.1 Å². The minimum Gasteiger partial charge on any atom is -0.381 e.